The van der Waals surface area contributed by atoms with Gasteiger partial charge in [0.05, 0.1) is 0 Å². The summed E-state index contributed by atoms with van der Waals surface area (Å²) in [4.78, 5) is 0. The molecule has 0 aliphatic rings. The van der Waals surface area contributed by atoms with Crippen LogP contribution < -0.4 is 5.32 Å². The second-order valence-corrected chi connectivity index (χ2v) is 6.07. The summed E-state index contributed by atoms with van der Waals surface area (Å²) >= 11 is 1.96. The molecule has 0 saturated carbocycles. The lowest BCUT2D eigenvalue weighted by Gasteiger charge is -2.19. The molecule has 0 heterocycles. The molecule has 1 aromatic rings. The Bertz CT molecular complexity index is 343. The summed E-state index contributed by atoms with van der Waals surface area (Å²) in [7, 11) is 0. The highest BCUT2D eigenvalue weighted by Gasteiger charge is 2.12. The van der Waals surface area contributed by atoms with Gasteiger partial charge in [0.25, 0.3) is 0 Å². The molecular weight excluding hydrogens is 245 g/mol. The average Bonchev–Trinajstić information content (AvgIpc) is 2.38. The monoisotopic (exact) mass is 269 g/mol. The Morgan fingerprint density at radius 2 is 2.00 bits per heavy atom. The predicted molar refractivity (Wildman–Crippen MR) is 79.8 cm³/mol. The third-order valence-electron chi connectivity index (χ3n) is 3.07. The molecule has 3 heteroatoms. The van der Waals surface area contributed by atoms with Crippen LogP contribution in [0.15, 0.2) is 24.3 Å². The van der Waals surface area contributed by atoms with Crippen molar-refractivity contribution in [3.05, 3.63) is 35.6 Å². The maximum atomic E-state index is 13.6. The minimum Gasteiger partial charge on any atom is -0.313 e. The fraction of sp³-hybridized carbons (Fsp3) is 0.600. The van der Waals surface area contributed by atoms with Gasteiger partial charge in [0.1, 0.15) is 5.82 Å². The van der Waals surface area contributed by atoms with Gasteiger partial charge in [0.2, 0.25) is 0 Å². The van der Waals surface area contributed by atoms with Crippen LogP contribution >= 0.6 is 11.8 Å². The third kappa shape index (κ3) is 5.40. The summed E-state index contributed by atoms with van der Waals surface area (Å²) in [6, 6.07) is 7.43. The molecular formula is C15H24FNS. The van der Waals surface area contributed by atoms with Gasteiger partial charge in [-0.2, -0.15) is 11.8 Å². The zero-order valence-corrected chi connectivity index (χ0v) is 12.4. The molecule has 0 aliphatic heterocycles. The zero-order chi connectivity index (χ0) is 13.4. The number of thioether (sulfide) groups is 1. The molecule has 18 heavy (non-hydrogen) atoms. The summed E-state index contributed by atoms with van der Waals surface area (Å²) in [5, 5.41) is 4.12. The average molecular weight is 269 g/mol. The van der Waals surface area contributed by atoms with Gasteiger partial charge in [-0.1, -0.05) is 39.0 Å². The van der Waals surface area contributed by atoms with Gasteiger partial charge in [-0.3, -0.25) is 0 Å². The maximum absolute atomic E-state index is 13.6. The number of benzene rings is 1. The minimum atomic E-state index is -0.0889. The normalized spacial score (nSPS) is 14.4. The van der Waals surface area contributed by atoms with Crippen molar-refractivity contribution in [3.8, 4) is 0 Å². The number of likely N-dealkylation sites (N-methyl/N-ethyl adjacent to an activating group) is 1. The molecule has 1 aromatic carbocycles. The van der Waals surface area contributed by atoms with Crippen molar-refractivity contribution in [1.82, 2.24) is 5.32 Å². The van der Waals surface area contributed by atoms with E-state index in [1.165, 1.54) is 6.42 Å². The first-order valence-electron chi connectivity index (χ1n) is 6.75. The molecule has 2 unspecified atom stereocenters. The molecule has 0 saturated heterocycles. The van der Waals surface area contributed by atoms with Crippen molar-refractivity contribution >= 4 is 11.8 Å². The van der Waals surface area contributed by atoms with Crippen LogP contribution in [0.5, 0.6) is 0 Å². The van der Waals surface area contributed by atoms with Crippen molar-refractivity contribution in [2.24, 2.45) is 0 Å². The highest BCUT2D eigenvalue weighted by atomic mass is 32.2. The topological polar surface area (TPSA) is 12.0 Å². The second-order valence-electron chi connectivity index (χ2n) is 4.60. The van der Waals surface area contributed by atoms with Crippen molar-refractivity contribution in [1.29, 1.82) is 0 Å². The van der Waals surface area contributed by atoms with Crippen LogP contribution in [0, 0.1) is 5.82 Å². The summed E-state index contributed by atoms with van der Waals surface area (Å²) < 4.78 is 13.6. The van der Waals surface area contributed by atoms with Gasteiger partial charge in [-0.25, -0.2) is 4.39 Å². The van der Waals surface area contributed by atoms with Gasteiger partial charge in [-0.05, 0) is 31.0 Å². The first-order valence-corrected chi connectivity index (χ1v) is 7.80. The molecule has 0 radical (unpaired) electrons. The van der Waals surface area contributed by atoms with Gasteiger partial charge < -0.3 is 5.32 Å². The highest BCUT2D eigenvalue weighted by molar-refractivity contribution is 7.99. The molecule has 0 aromatic heterocycles. The van der Waals surface area contributed by atoms with Gasteiger partial charge >= 0.3 is 0 Å². The van der Waals surface area contributed by atoms with E-state index in [1.54, 1.807) is 12.1 Å². The van der Waals surface area contributed by atoms with E-state index in [-0.39, 0.29) is 5.82 Å². The Morgan fingerprint density at radius 1 is 1.28 bits per heavy atom. The van der Waals surface area contributed by atoms with Crippen molar-refractivity contribution in [2.45, 2.75) is 44.9 Å². The molecule has 1 N–H and O–H groups in total. The lowest BCUT2D eigenvalue weighted by molar-refractivity contribution is 0.545. The number of halogens is 1. The van der Waals surface area contributed by atoms with E-state index in [1.807, 2.05) is 23.9 Å². The van der Waals surface area contributed by atoms with Crippen molar-refractivity contribution in [2.75, 3.05) is 12.3 Å². The van der Waals surface area contributed by atoms with Crippen LogP contribution in [-0.2, 0) is 6.42 Å². The van der Waals surface area contributed by atoms with E-state index in [0.717, 1.165) is 24.3 Å². The van der Waals surface area contributed by atoms with Gasteiger partial charge in [0, 0.05) is 17.0 Å². The Morgan fingerprint density at radius 3 is 2.61 bits per heavy atom. The summed E-state index contributed by atoms with van der Waals surface area (Å²) in [6.07, 6.45) is 1.95. The Hall–Kier alpha value is -0.540. The van der Waals surface area contributed by atoms with E-state index >= 15 is 0 Å². The molecule has 2 atom stereocenters. The predicted octanol–water partition coefficient (Wildman–Crippen LogP) is 3.88. The highest BCUT2D eigenvalue weighted by Crippen LogP contribution is 2.17. The maximum Gasteiger partial charge on any atom is 0.126 e. The van der Waals surface area contributed by atoms with E-state index in [4.69, 9.17) is 0 Å². The van der Waals surface area contributed by atoms with Crippen LogP contribution in [-0.4, -0.2) is 23.6 Å². The van der Waals surface area contributed by atoms with Crippen LogP contribution in [0.3, 0.4) is 0 Å². The fourth-order valence-electron chi connectivity index (χ4n) is 1.81. The van der Waals surface area contributed by atoms with Crippen molar-refractivity contribution in [3.63, 3.8) is 0 Å². The molecule has 0 bridgehead atoms. The Balaban J connectivity index is 2.54. The smallest absolute Gasteiger partial charge is 0.126 e. The molecule has 102 valence electrons. The summed E-state index contributed by atoms with van der Waals surface area (Å²) in [5.41, 5.74) is 0.813. The minimum absolute atomic E-state index is 0.0889. The number of nitrogens with one attached hydrogen (secondary N) is 1. The van der Waals surface area contributed by atoms with E-state index in [2.05, 4.69) is 26.1 Å². The number of hydrogen-bond donors (Lipinski definition) is 1. The Labute approximate surface area is 115 Å². The van der Waals surface area contributed by atoms with Crippen molar-refractivity contribution < 1.29 is 4.39 Å². The van der Waals surface area contributed by atoms with Gasteiger partial charge in [0.15, 0.2) is 0 Å². The first kappa shape index (κ1) is 15.5. The third-order valence-corrected chi connectivity index (χ3v) is 4.57. The second kappa shape index (κ2) is 8.54. The van der Waals surface area contributed by atoms with E-state index in [9.17, 15) is 4.39 Å². The molecule has 0 amide bonds. The lowest BCUT2D eigenvalue weighted by atomic mass is 10.1. The number of rotatable bonds is 8. The standard InChI is InChI=1S/C15H24FNS/c1-4-12(3)18-11-14(17-5-2)10-13-8-6-7-9-15(13)16/h6-9,12,14,17H,4-5,10-11H2,1-3H3. The molecule has 0 aliphatic carbocycles. The van der Waals surface area contributed by atoms with Gasteiger partial charge in [-0.15, -0.1) is 0 Å². The molecule has 1 nitrogen and oxygen atoms in total. The van der Waals surface area contributed by atoms with E-state index in [0.29, 0.717) is 11.3 Å². The van der Waals surface area contributed by atoms with Crippen LogP contribution in [0.2, 0.25) is 0 Å². The van der Waals surface area contributed by atoms with Crippen LogP contribution in [0.1, 0.15) is 32.8 Å². The first-order chi connectivity index (χ1) is 8.67. The molecule has 0 spiro atoms. The summed E-state index contributed by atoms with van der Waals surface area (Å²) in [5.74, 6) is 0.950. The zero-order valence-electron chi connectivity index (χ0n) is 11.6. The van der Waals surface area contributed by atoms with E-state index < -0.39 is 0 Å². The quantitative estimate of drug-likeness (QED) is 0.768. The van der Waals surface area contributed by atoms with Crippen LogP contribution in [0.25, 0.3) is 0 Å². The SMILES string of the molecule is CCNC(CSC(C)CC)Cc1ccccc1F. The molecule has 1 rings (SSSR count). The Kier molecular flexibility index (Phi) is 7.36. The largest absolute Gasteiger partial charge is 0.313 e. The fourth-order valence-corrected chi connectivity index (χ4v) is 2.84. The van der Waals surface area contributed by atoms with Crippen LogP contribution in [0.4, 0.5) is 4.39 Å². The lowest BCUT2D eigenvalue weighted by Crippen LogP contribution is -2.34. The molecule has 0 fully saturated rings. The number of hydrogen-bond acceptors (Lipinski definition) is 2. The summed E-state index contributed by atoms with van der Waals surface area (Å²) in [6.45, 7) is 7.48.